The second-order valence-electron chi connectivity index (χ2n) is 4.98. The lowest BCUT2D eigenvalue weighted by Crippen LogP contribution is -2.30. The molecule has 0 spiro atoms. The molecule has 0 bridgehead atoms. The van der Waals surface area contributed by atoms with Gasteiger partial charge in [0.2, 0.25) is 0 Å². The predicted octanol–water partition coefficient (Wildman–Crippen LogP) is 0.824. The summed E-state index contributed by atoms with van der Waals surface area (Å²) < 4.78 is 5.28. The first-order valence-electron chi connectivity index (χ1n) is 6.72. The molecule has 0 aromatic heterocycles. The number of anilines is 2. The van der Waals surface area contributed by atoms with E-state index in [2.05, 4.69) is 10.6 Å². The van der Waals surface area contributed by atoms with Crippen molar-refractivity contribution in [2.75, 3.05) is 23.3 Å². The zero-order chi connectivity index (χ0) is 15.3. The number of ether oxygens (including phenoxy) is 1. The number of rotatable bonds is 0. The predicted molar refractivity (Wildman–Crippen MR) is 79.0 cm³/mol. The van der Waals surface area contributed by atoms with Crippen molar-refractivity contribution in [2.45, 2.75) is 0 Å². The summed E-state index contributed by atoms with van der Waals surface area (Å²) >= 11 is 0. The van der Waals surface area contributed by atoms with Crippen LogP contribution in [0, 0.1) is 10.4 Å². The van der Waals surface area contributed by atoms with E-state index < -0.39 is 4.90 Å². The van der Waals surface area contributed by atoms with Gasteiger partial charge >= 0.3 is 5.90 Å². The molecule has 1 aromatic carbocycles. The van der Waals surface area contributed by atoms with Crippen molar-refractivity contribution in [2.24, 2.45) is 0 Å². The van der Waals surface area contributed by atoms with E-state index in [4.69, 9.17) is 4.74 Å². The summed E-state index contributed by atoms with van der Waals surface area (Å²) in [6, 6.07) is 5.40. The number of amides is 1. The Balaban J connectivity index is 1.83. The zero-order valence-corrected chi connectivity index (χ0v) is 11.3. The van der Waals surface area contributed by atoms with Gasteiger partial charge in [0.15, 0.2) is 11.6 Å². The molecule has 22 heavy (non-hydrogen) atoms. The molecular weight excluding hydrogens is 288 g/mol. The quantitative estimate of drug-likeness (QED) is 0.543. The highest BCUT2D eigenvalue weighted by atomic mass is 16.8. The lowest BCUT2D eigenvalue weighted by Gasteiger charge is -2.19. The highest BCUT2D eigenvalue weighted by Gasteiger charge is 2.34. The third-order valence-electron chi connectivity index (χ3n) is 3.70. The van der Waals surface area contributed by atoms with E-state index >= 15 is 0 Å². The van der Waals surface area contributed by atoms with Gasteiger partial charge in [0, 0.05) is 13.1 Å². The lowest BCUT2D eigenvalue weighted by atomic mass is 10.1. The molecule has 1 amide bonds. The fourth-order valence-electron chi connectivity index (χ4n) is 2.77. The van der Waals surface area contributed by atoms with Crippen LogP contribution in [0.2, 0.25) is 0 Å². The van der Waals surface area contributed by atoms with Crippen molar-refractivity contribution in [1.82, 2.24) is 5.32 Å². The fraction of sp³-hybridized carbons (Fsp3) is 0.143. The average molecular weight is 299 g/mol. The molecule has 8 heteroatoms. The van der Waals surface area contributed by atoms with Crippen LogP contribution < -0.4 is 15.5 Å². The Morgan fingerprint density at radius 3 is 2.91 bits per heavy atom. The molecule has 0 radical (unpaired) electrons. The molecule has 0 aliphatic carbocycles. The summed E-state index contributed by atoms with van der Waals surface area (Å²) in [5.74, 6) is 0.521. The van der Waals surface area contributed by atoms with Crippen LogP contribution in [-0.2, 0) is 4.74 Å². The number of carbonyl (C=O) groups is 1. The molecule has 2 N–H and O–H groups in total. The van der Waals surface area contributed by atoms with Gasteiger partial charge in [-0.05, 0) is 18.2 Å². The van der Waals surface area contributed by atoms with Crippen LogP contribution in [-0.4, -0.2) is 29.8 Å². The maximum absolute atomic E-state index is 12.1. The minimum absolute atomic E-state index is 0.132. The zero-order valence-electron chi connectivity index (χ0n) is 11.3. The van der Waals surface area contributed by atoms with Crippen LogP contribution in [0.1, 0.15) is 10.4 Å². The van der Waals surface area contributed by atoms with Gasteiger partial charge in [-0.25, -0.2) is 0 Å². The van der Waals surface area contributed by atoms with E-state index in [0.717, 1.165) is 11.4 Å². The van der Waals surface area contributed by atoms with E-state index in [0.29, 0.717) is 30.2 Å². The topological polar surface area (TPSA) is 103 Å². The number of benzene rings is 1. The molecule has 0 saturated heterocycles. The van der Waals surface area contributed by atoms with E-state index in [9.17, 15) is 15.2 Å². The molecule has 112 valence electrons. The second-order valence-corrected chi connectivity index (χ2v) is 4.98. The molecule has 1 aromatic rings. The molecular formula is C14H11N4O4-. The summed E-state index contributed by atoms with van der Waals surface area (Å²) in [7, 11) is 0. The smallest absolute Gasteiger partial charge is 0.391 e. The first-order chi connectivity index (χ1) is 10.6. The van der Waals surface area contributed by atoms with Crippen molar-refractivity contribution in [3.8, 4) is 0 Å². The molecule has 8 nitrogen and oxygen atoms in total. The summed E-state index contributed by atoms with van der Waals surface area (Å²) in [4.78, 5) is 13.4. The van der Waals surface area contributed by atoms with Crippen LogP contribution in [0.4, 0.5) is 11.4 Å². The fourth-order valence-corrected chi connectivity index (χ4v) is 2.77. The maximum atomic E-state index is 12.1. The molecule has 3 aliphatic heterocycles. The third kappa shape index (κ3) is 1.70. The summed E-state index contributed by atoms with van der Waals surface area (Å²) in [5, 5.41) is 27.6. The van der Waals surface area contributed by atoms with Crippen LogP contribution in [0.15, 0.2) is 41.9 Å². The Morgan fingerprint density at radius 2 is 2.14 bits per heavy atom. The van der Waals surface area contributed by atoms with Gasteiger partial charge in [-0.15, -0.1) is 4.90 Å². The normalized spacial score (nSPS) is 21.9. The van der Waals surface area contributed by atoms with Crippen LogP contribution in [0.25, 0.3) is 0 Å². The standard InChI is InChI=1S/C14H11N4O4/c19-14-8-2-1-3-9-12(8)17(7-6-15-14)13(16-9)10-4-5-11(22-10)18(20)21/h1-5,16H,6-7H2,(H-,15,19,20,21)/q-1. The SMILES string of the molecule is O=C1NCCN2C(=C3C=CC(=[N+]([O-])[O-])O3)Nc3cccc1c32. The summed E-state index contributed by atoms with van der Waals surface area (Å²) in [6.07, 6.45) is 2.86. The van der Waals surface area contributed by atoms with Gasteiger partial charge in [-0.2, -0.15) is 0 Å². The van der Waals surface area contributed by atoms with Crippen LogP contribution >= 0.6 is 0 Å². The molecule has 3 aliphatic rings. The average Bonchev–Trinajstić information content (AvgIpc) is 3.07. The minimum Gasteiger partial charge on any atom is -0.610 e. The highest BCUT2D eigenvalue weighted by molar-refractivity contribution is 6.05. The highest BCUT2D eigenvalue weighted by Crippen LogP contribution is 2.41. The molecule has 0 fully saturated rings. The van der Waals surface area contributed by atoms with Crippen molar-refractivity contribution >= 4 is 23.2 Å². The van der Waals surface area contributed by atoms with Gasteiger partial charge in [0.05, 0.1) is 23.0 Å². The largest absolute Gasteiger partial charge is 0.610 e. The van der Waals surface area contributed by atoms with Gasteiger partial charge in [-0.1, -0.05) is 6.07 Å². The Kier molecular flexibility index (Phi) is 2.52. The Labute approximate surface area is 125 Å². The number of carbonyl (C=O) groups excluding carboxylic acids is 1. The Hall–Kier alpha value is -3.16. The number of hydrogen-bond donors (Lipinski definition) is 2. The van der Waals surface area contributed by atoms with E-state index in [1.54, 1.807) is 18.2 Å². The van der Waals surface area contributed by atoms with Gasteiger partial charge in [0.1, 0.15) is 0 Å². The van der Waals surface area contributed by atoms with E-state index in [1.807, 2.05) is 11.0 Å². The monoisotopic (exact) mass is 299 g/mol. The number of hydrogen-bond acceptors (Lipinski definition) is 6. The van der Waals surface area contributed by atoms with Crippen molar-refractivity contribution in [3.05, 3.63) is 57.9 Å². The van der Waals surface area contributed by atoms with Crippen molar-refractivity contribution < 1.29 is 14.4 Å². The van der Waals surface area contributed by atoms with Crippen LogP contribution in [0.3, 0.4) is 0 Å². The summed E-state index contributed by atoms with van der Waals surface area (Å²) in [6.45, 7) is 1.02. The van der Waals surface area contributed by atoms with Crippen molar-refractivity contribution in [3.63, 3.8) is 0 Å². The minimum atomic E-state index is -0.578. The van der Waals surface area contributed by atoms with E-state index in [1.165, 1.54) is 6.08 Å². The van der Waals surface area contributed by atoms with Crippen molar-refractivity contribution in [1.29, 1.82) is 0 Å². The molecule has 0 saturated carbocycles. The Morgan fingerprint density at radius 1 is 1.27 bits per heavy atom. The van der Waals surface area contributed by atoms with Gasteiger partial charge in [0.25, 0.3) is 5.91 Å². The number of nitrogens with one attached hydrogen (secondary N) is 2. The number of nitrogens with zero attached hydrogens (tertiary/aromatic N) is 2. The molecule has 0 atom stereocenters. The van der Waals surface area contributed by atoms with E-state index in [-0.39, 0.29) is 11.8 Å². The Bertz CT molecular complexity index is 777. The maximum Gasteiger partial charge on any atom is 0.391 e. The molecule has 3 heterocycles. The molecule has 4 rings (SSSR count). The lowest BCUT2D eigenvalue weighted by molar-refractivity contribution is -0.388. The number of para-hydroxylation sites is 1. The van der Waals surface area contributed by atoms with Crippen LogP contribution in [0.5, 0.6) is 0 Å². The molecule has 0 unspecified atom stereocenters. The third-order valence-corrected chi connectivity index (χ3v) is 3.70. The van der Waals surface area contributed by atoms with Gasteiger partial charge < -0.3 is 30.7 Å². The first-order valence-corrected chi connectivity index (χ1v) is 6.72. The van der Waals surface area contributed by atoms with Gasteiger partial charge in [-0.3, -0.25) is 4.79 Å². The first kappa shape index (κ1) is 12.6. The second kappa shape index (κ2) is 4.42. The summed E-state index contributed by atoms with van der Waals surface area (Å²) in [5.41, 5.74) is 2.12. The number of allylic oxidation sites excluding steroid dienone is 1.